The number of primary amides is 1. The molecule has 3 aromatic rings. The fraction of sp³-hybridized carbons (Fsp3) is 0.250. The van der Waals surface area contributed by atoms with Gasteiger partial charge in [-0.15, -0.1) is 0 Å². The van der Waals surface area contributed by atoms with Gasteiger partial charge in [-0.2, -0.15) is 0 Å². The number of nitrogens with two attached hydrogens (primary N) is 1. The SMILES string of the molecule is CC(C)(Cc1ccc(F)cc1)N(C(=O)c1ccc(-c2ccccc2)cc1)[C@@H](CCC(N)=O)C(=O)O. The van der Waals surface area contributed by atoms with Gasteiger partial charge in [0.1, 0.15) is 11.9 Å². The highest BCUT2D eigenvalue weighted by atomic mass is 19.1. The second-order valence-electron chi connectivity index (χ2n) is 9.09. The molecule has 3 N–H and O–H groups in total. The zero-order chi connectivity index (χ0) is 25.6. The minimum absolute atomic E-state index is 0.120. The average molecular weight is 477 g/mol. The Hall–Kier alpha value is -4.00. The van der Waals surface area contributed by atoms with Crippen LogP contribution in [0.5, 0.6) is 0 Å². The molecule has 0 radical (unpaired) electrons. The molecule has 0 saturated heterocycles. The van der Waals surface area contributed by atoms with E-state index in [4.69, 9.17) is 5.73 Å². The largest absolute Gasteiger partial charge is 0.480 e. The molecule has 0 aliphatic rings. The van der Waals surface area contributed by atoms with Crippen LogP contribution in [0.15, 0.2) is 78.9 Å². The molecule has 0 fully saturated rings. The number of carbonyl (C=O) groups excluding carboxylic acids is 2. The van der Waals surface area contributed by atoms with E-state index >= 15 is 0 Å². The van der Waals surface area contributed by atoms with Crippen molar-refractivity contribution in [1.82, 2.24) is 4.90 Å². The van der Waals surface area contributed by atoms with Gasteiger partial charge in [0.15, 0.2) is 0 Å². The molecule has 182 valence electrons. The van der Waals surface area contributed by atoms with E-state index in [9.17, 15) is 23.9 Å². The number of rotatable bonds is 10. The average Bonchev–Trinajstić information content (AvgIpc) is 2.83. The van der Waals surface area contributed by atoms with Crippen molar-refractivity contribution >= 4 is 17.8 Å². The predicted molar refractivity (Wildman–Crippen MR) is 132 cm³/mol. The van der Waals surface area contributed by atoms with Crippen LogP contribution < -0.4 is 5.73 Å². The van der Waals surface area contributed by atoms with Crippen molar-refractivity contribution in [2.45, 2.75) is 44.7 Å². The number of carbonyl (C=O) groups is 3. The van der Waals surface area contributed by atoms with E-state index in [-0.39, 0.29) is 25.1 Å². The van der Waals surface area contributed by atoms with Gasteiger partial charge in [0.2, 0.25) is 5.91 Å². The number of hydrogen-bond donors (Lipinski definition) is 2. The van der Waals surface area contributed by atoms with Gasteiger partial charge in [0, 0.05) is 17.5 Å². The molecule has 0 heterocycles. The Bertz CT molecular complexity index is 1180. The van der Waals surface area contributed by atoms with Gasteiger partial charge >= 0.3 is 5.97 Å². The van der Waals surface area contributed by atoms with E-state index in [0.29, 0.717) is 5.56 Å². The first-order chi connectivity index (χ1) is 16.6. The standard InChI is InChI=1S/C28H29FN2O4/c1-28(2,18-19-8-14-23(29)15-9-19)31(24(27(34)35)16-17-25(30)32)26(33)22-12-10-21(11-13-22)20-6-4-3-5-7-20/h3-15,24H,16-18H2,1-2H3,(H2,30,32)(H,34,35)/t24-/m0/s1. The summed E-state index contributed by atoms with van der Waals surface area (Å²) in [5, 5.41) is 10.0. The quantitative estimate of drug-likeness (QED) is 0.444. The van der Waals surface area contributed by atoms with Crippen LogP contribution in [-0.2, 0) is 16.0 Å². The molecular formula is C28H29FN2O4. The highest BCUT2D eigenvalue weighted by Crippen LogP contribution is 2.29. The molecule has 0 unspecified atom stereocenters. The number of hydrogen-bond acceptors (Lipinski definition) is 3. The van der Waals surface area contributed by atoms with Crippen LogP contribution in [-0.4, -0.2) is 39.4 Å². The van der Waals surface area contributed by atoms with Gasteiger partial charge in [0.05, 0.1) is 0 Å². The zero-order valence-electron chi connectivity index (χ0n) is 19.8. The van der Waals surface area contributed by atoms with Gasteiger partial charge in [-0.25, -0.2) is 9.18 Å². The zero-order valence-corrected chi connectivity index (χ0v) is 19.8. The number of benzene rings is 3. The molecule has 0 spiro atoms. The Morgan fingerprint density at radius 3 is 2.03 bits per heavy atom. The third-order valence-corrected chi connectivity index (χ3v) is 5.92. The lowest BCUT2D eigenvalue weighted by atomic mass is 9.89. The van der Waals surface area contributed by atoms with Crippen LogP contribution in [0.4, 0.5) is 4.39 Å². The normalized spacial score (nSPS) is 12.1. The first-order valence-corrected chi connectivity index (χ1v) is 11.3. The molecule has 2 amide bonds. The van der Waals surface area contributed by atoms with Crippen LogP contribution in [0.25, 0.3) is 11.1 Å². The van der Waals surface area contributed by atoms with Crippen molar-refractivity contribution in [3.8, 4) is 11.1 Å². The Morgan fingerprint density at radius 2 is 1.49 bits per heavy atom. The maximum Gasteiger partial charge on any atom is 0.326 e. The number of carboxylic acids is 1. The monoisotopic (exact) mass is 476 g/mol. The Balaban J connectivity index is 1.98. The van der Waals surface area contributed by atoms with E-state index in [1.807, 2.05) is 42.5 Å². The lowest BCUT2D eigenvalue weighted by Crippen LogP contribution is -2.57. The molecule has 3 rings (SSSR count). The Kier molecular flexibility index (Phi) is 8.02. The molecule has 1 atom stereocenters. The van der Waals surface area contributed by atoms with Crippen LogP contribution >= 0.6 is 0 Å². The lowest BCUT2D eigenvalue weighted by molar-refractivity contribution is -0.144. The van der Waals surface area contributed by atoms with Gasteiger partial charge in [-0.3, -0.25) is 9.59 Å². The Labute approximate surface area is 204 Å². The molecule has 0 aromatic heterocycles. The van der Waals surface area contributed by atoms with Crippen molar-refractivity contribution in [2.75, 3.05) is 0 Å². The first-order valence-electron chi connectivity index (χ1n) is 11.3. The summed E-state index contributed by atoms with van der Waals surface area (Å²) in [7, 11) is 0. The van der Waals surface area contributed by atoms with Crippen molar-refractivity contribution in [3.63, 3.8) is 0 Å². The van der Waals surface area contributed by atoms with Crippen molar-refractivity contribution < 1.29 is 23.9 Å². The first kappa shape index (κ1) is 25.6. The summed E-state index contributed by atoms with van der Waals surface area (Å²) in [5.41, 5.74) is 7.27. The molecule has 0 bridgehead atoms. The maximum atomic E-state index is 13.8. The van der Waals surface area contributed by atoms with E-state index in [1.165, 1.54) is 17.0 Å². The van der Waals surface area contributed by atoms with Gasteiger partial charge in [-0.1, -0.05) is 54.6 Å². The third kappa shape index (κ3) is 6.53. The summed E-state index contributed by atoms with van der Waals surface area (Å²) in [6.07, 6.45) is -0.0207. The summed E-state index contributed by atoms with van der Waals surface area (Å²) >= 11 is 0. The second kappa shape index (κ2) is 11.0. The van der Waals surface area contributed by atoms with E-state index in [2.05, 4.69) is 0 Å². The highest BCUT2D eigenvalue weighted by molar-refractivity contribution is 5.97. The van der Waals surface area contributed by atoms with Crippen molar-refractivity contribution in [1.29, 1.82) is 0 Å². The van der Waals surface area contributed by atoms with Crippen LogP contribution in [0.3, 0.4) is 0 Å². The summed E-state index contributed by atoms with van der Waals surface area (Å²) < 4.78 is 13.4. The molecule has 7 heteroatoms. The Morgan fingerprint density at radius 1 is 0.914 bits per heavy atom. The number of amides is 2. The van der Waals surface area contributed by atoms with Crippen LogP contribution in [0.1, 0.15) is 42.6 Å². The third-order valence-electron chi connectivity index (χ3n) is 5.92. The number of aliphatic carboxylic acids is 1. The topological polar surface area (TPSA) is 101 Å². The molecule has 35 heavy (non-hydrogen) atoms. The predicted octanol–water partition coefficient (Wildman–Crippen LogP) is 4.67. The van der Waals surface area contributed by atoms with E-state index < -0.39 is 29.4 Å². The van der Waals surface area contributed by atoms with E-state index in [0.717, 1.165) is 16.7 Å². The molecule has 3 aromatic carbocycles. The maximum absolute atomic E-state index is 13.8. The molecule has 0 aliphatic carbocycles. The minimum atomic E-state index is -1.28. The summed E-state index contributed by atoms with van der Waals surface area (Å²) in [5.74, 6) is -2.74. The van der Waals surface area contributed by atoms with E-state index in [1.54, 1.807) is 38.1 Å². The highest BCUT2D eigenvalue weighted by Gasteiger charge is 2.40. The number of halogens is 1. The summed E-state index contributed by atoms with van der Waals surface area (Å²) in [6.45, 7) is 3.51. The summed E-state index contributed by atoms with van der Waals surface area (Å²) in [4.78, 5) is 38.8. The molecular weight excluding hydrogens is 447 g/mol. The smallest absolute Gasteiger partial charge is 0.326 e. The minimum Gasteiger partial charge on any atom is -0.480 e. The van der Waals surface area contributed by atoms with Crippen LogP contribution in [0, 0.1) is 5.82 Å². The van der Waals surface area contributed by atoms with Crippen molar-refractivity contribution in [2.24, 2.45) is 5.73 Å². The van der Waals surface area contributed by atoms with Gasteiger partial charge < -0.3 is 15.7 Å². The second-order valence-corrected chi connectivity index (χ2v) is 9.09. The fourth-order valence-electron chi connectivity index (χ4n) is 4.24. The van der Waals surface area contributed by atoms with Crippen LogP contribution in [0.2, 0.25) is 0 Å². The fourth-order valence-corrected chi connectivity index (χ4v) is 4.24. The molecule has 6 nitrogen and oxygen atoms in total. The van der Waals surface area contributed by atoms with Gasteiger partial charge in [0.25, 0.3) is 5.91 Å². The lowest BCUT2D eigenvalue weighted by Gasteiger charge is -2.42. The van der Waals surface area contributed by atoms with Crippen molar-refractivity contribution in [3.05, 3.63) is 95.8 Å². The number of carboxylic acid groups (broad SMARTS) is 1. The number of nitrogens with zero attached hydrogens (tertiary/aromatic N) is 1. The molecule has 0 aliphatic heterocycles. The molecule has 0 saturated carbocycles. The summed E-state index contributed by atoms with van der Waals surface area (Å²) in [6, 6.07) is 21.2. The van der Waals surface area contributed by atoms with Gasteiger partial charge in [-0.05, 0) is 67.6 Å².